The second-order valence-electron chi connectivity index (χ2n) is 7.81. The lowest BCUT2D eigenvalue weighted by atomic mass is 10.1. The Hall–Kier alpha value is -3.00. The predicted octanol–water partition coefficient (Wildman–Crippen LogP) is 2.34. The number of aromatic nitrogens is 4. The summed E-state index contributed by atoms with van der Waals surface area (Å²) < 4.78 is 1.77. The maximum absolute atomic E-state index is 12.9. The van der Waals surface area contributed by atoms with Gasteiger partial charge in [-0.15, -0.1) is 0 Å². The Morgan fingerprint density at radius 2 is 1.89 bits per heavy atom. The van der Waals surface area contributed by atoms with Crippen LogP contribution in [0.1, 0.15) is 12.8 Å². The fourth-order valence-electron chi connectivity index (χ4n) is 4.44. The fourth-order valence-corrected chi connectivity index (χ4v) is 4.44. The largest absolute Gasteiger partial charge is 0.324 e. The van der Waals surface area contributed by atoms with Crippen LogP contribution in [0.25, 0.3) is 22.0 Å². The van der Waals surface area contributed by atoms with E-state index >= 15 is 0 Å². The van der Waals surface area contributed by atoms with Gasteiger partial charge >= 0.3 is 6.03 Å². The quantitative estimate of drug-likeness (QED) is 0.742. The number of likely N-dealkylation sites (N-methyl/N-ethyl adjacent to an activating group) is 1. The van der Waals surface area contributed by atoms with Crippen molar-refractivity contribution in [2.75, 3.05) is 25.5 Å². The van der Waals surface area contributed by atoms with Gasteiger partial charge in [-0.2, -0.15) is 5.10 Å². The van der Waals surface area contributed by atoms with Crippen molar-refractivity contribution in [1.82, 2.24) is 29.5 Å². The van der Waals surface area contributed by atoms with Crippen molar-refractivity contribution in [3.8, 4) is 11.1 Å². The van der Waals surface area contributed by atoms with Crippen molar-refractivity contribution < 1.29 is 4.79 Å². The smallest absolute Gasteiger partial charge is 0.316 e. The van der Waals surface area contributed by atoms with E-state index in [4.69, 9.17) is 0 Å². The number of likely N-dealkylation sites (tertiary alicyclic amines) is 1. The first-order chi connectivity index (χ1) is 13.6. The topological polar surface area (TPSA) is 79.2 Å². The predicted molar refractivity (Wildman–Crippen MR) is 107 cm³/mol. The number of hydrogen-bond acceptors (Lipinski definition) is 5. The summed E-state index contributed by atoms with van der Waals surface area (Å²) in [5.41, 5.74) is 2.87. The number of fused-ring (bicyclic) bond motifs is 3. The molecular formula is C20H23N7O. The number of amides is 2. The van der Waals surface area contributed by atoms with E-state index in [1.165, 1.54) is 0 Å². The zero-order valence-electron chi connectivity index (χ0n) is 16.0. The highest BCUT2D eigenvalue weighted by Crippen LogP contribution is 2.30. The maximum atomic E-state index is 12.9. The summed E-state index contributed by atoms with van der Waals surface area (Å²) in [7, 11) is 4.01. The number of carbonyl (C=O) groups is 1. The Kier molecular flexibility index (Phi) is 4.01. The molecule has 1 N–H and O–H groups in total. The fraction of sp³-hybridized carbons (Fsp3) is 0.400. The van der Waals surface area contributed by atoms with Crippen LogP contribution in [0.2, 0.25) is 0 Å². The first kappa shape index (κ1) is 17.1. The second kappa shape index (κ2) is 6.56. The van der Waals surface area contributed by atoms with Crippen molar-refractivity contribution in [1.29, 1.82) is 0 Å². The molecule has 2 unspecified atom stereocenters. The van der Waals surface area contributed by atoms with Gasteiger partial charge in [0.2, 0.25) is 5.95 Å². The molecule has 0 saturated carbocycles. The molecule has 1 aromatic carbocycles. The normalized spacial score (nSPS) is 22.0. The second-order valence-corrected chi connectivity index (χ2v) is 7.81. The third-order valence-electron chi connectivity index (χ3n) is 5.74. The van der Waals surface area contributed by atoms with Gasteiger partial charge in [-0.3, -0.25) is 10.00 Å². The van der Waals surface area contributed by atoms with Crippen LogP contribution in [0.5, 0.6) is 0 Å². The van der Waals surface area contributed by atoms with Crippen molar-refractivity contribution in [3.05, 3.63) is 36.8 Å². The lowest BCUT2D eigenvalue weighted by molar-refractivity contribution is 0.111. The van der Waals surface area contributed by atoms with Crippen molar-refractivity contribution in [2.45, 2.75) is 24.9 Å². The summed E-state index contributed by atoms with van der Waals surface area (Å²) in [6.45, 7) is 1.86. The van der Waals surface area contributed by atoms with Gasteiger partial charge in [0.1, 0.15) is 0 Å². The summed E-state index contributed by atoms with van der Waals surface area (Å²) in [6.07, 6.45) is 7.68. The van der Waals surface area contributed by atoms with Gasteiger partial charge in [-0.1, -0.05) is 12.1 Å². The van der Waals surface area contributed by atoms with Crippen LogP contribution in [-0.2, 0) is 7.05 Å². The van der Waals surface area contributed by atoms with E-state index in [1.54, 1.807) is 10.9 Å². The number of nitrogens with zero attached hydrogens (tertiary/aromatic N) is 6. The summed E-state index contributed by atoms with van der Waals surface area (Å²) >= 11 is 0. The molecule has 2 atom stereocenters. The van der Waals surface area contributed by atoms with Crippen molar-refractivity contribution in [3.63, 3.8) is 0 Å². The molecule has 2 aliphatic heterocycles. The van der Waals surface area contributed by atoms with Gasteiger partial charge in [-0.25, -0.2) is 14.8 Å². The van der Waals surface area contributed by atoms with Crippen LogP contribution in [-0.4, -0.2) is 67.8 Å². The molecule has 2 aromatic heterocycles. The molecule has 8 heteroatoms. The highest BCUT2D eigenvalue weighted by Gasteiger charge is 2.41. The molecule has 2 amide bonds. The van der Waals surface area contributed by atoms with E-state index in [-0.39, 0.29) is 18.1 Å². The third-order valence-corrected chi connectivity index (χ3v) is 5.74. The first-order valence-electron chi connectivity index (χ1n) is 9.60. The van der Waals surface area contributed by atoms with Gasteiger partial charge < -0.3 is 9.80 Å². The summed E-state index contributed by atoms with van der Waals surface area (Å²) in [6, 6.07) is 6.49. The van der Waals surface area contributed by atoms with E-state index in [9.17, 15) is 4.79 Å². The minimum atomic E-state index is -0.0941. The summed E-state index contributed by atoms with van der Waals surface area (Å²) in [5, 5.41) is 8.07. The van der Waals surface area contributed by atoms with Crippen LogP contribution in [0, 0.1) is 0 Å². The Bertz CT molecular complexity index is 1030. The number of benzene rings is 1. The Labute approximate surface area is 163 Å². The number of rotatable bonds is 2. The lowest BCUT2D eigenvalue weighted by Gasteiger charge is -2.39. The van der Waals surface area contributed by atoms with Crippen LogP contribution in [0.4, 0.5) is 10.7 Å². The van der Waals surface area contributed by atoms with Crippen LogP contribution in [0.15, 0.2) is 36.8 Å². The van der Waals surface area contributed by atoms with Gasteiger partial charge in [0.25, 0.3) is 0 Å². The van der Waals surface area contributed by atoms with Crippen molar-refractivity contribution in [2.24, 2.45) is 7.05 Å². The first-order valence-corrected chi connectivity index (χ1v) is 9.60. The summed E-state index contributed by atoms with van der Waals surface area (Å²) in [4.78, 5) is 26.1. The zero-order valence-corrected chi connectivity index (χ0v) is 16.0. The van der Waals surface area contributed by atoms with E-state index in [0.29, 0.717) is 5.95 Å². The van der Waals surface area contributed by atoms with Gasteiger partial charge in [0.15, 0.2) is 0 Å². The number of anilines is 1. The van der Waals surface area contributed by atoms with E-state index in [0.717, 1.165) is 48.0 Å². The molecule has 4 heterocycles. The highest BCUT2D eigenvalue weighted by atomic mass is 16.2. The van der Waals surface area contributed by atoms with Gasteiger partial charge in [0.05, 0.1) is 11.7 Å². The van der Waals surface area contributed by atoms with Gasteiger partial charge in [-0.05, 0) is 31.5 Å². The maximum Gasteiger partial charge on any atom is 0.324 e. The van der Waals surface area contributed by atoms with E-state index in [2.05, 4.69) is 32.3 Å². The molecule has 2 fully saturated rings. The zero-order chi connectivity index (χ0) is 19.3. The number of piperazine rings is 1. The van der Waals surface area contributed by atoms with E-state index < -0.39 is 0 Å². The Morgan fingerprint density at radius 1 is 1.11 bits per heavy atom. The Balaban J connectivity index is 1.39. The monoisotopic (exact) mass is 377 g/mol. The SMILES string of the molecule is CN1CC2CCC(C1)N2C(=O)Nc1ncc2ccc(-c3cnn(C)c3)cc2n1. The molecular weight excluding hydrogens is 354 g/mol. The minimum Gasteiger partial charge on any atom is -0.316 e. The molecule has 5 rings (SSSR count). The van der Waals surface area contributed by atoms with E-state index in [1.807, 2.05) is 42.5 Å². The highest BCUT2D eigenvalue weighted by molar-refractivity contribution is 5.90. The molecule has 28 heavy (non-hydrogen) atoms. The van der Waals surface area contributed by atoms with Crippen LogP contribution in [0.3, 0.4) is 0 Å². The molecule has 3 aromatic rings. The molecule has 2 bridgehead atoms. The number of urea groups is 1. The third kappa shape index (κ3) is 2.99. The molecule has 0 radical (unpaired) electrons. The molecule has 8 nitrogen and oxygen atoms in total. The van der Waals surface area contributed by atoms with Crippen LogP contribution < -0.4 is 5.32 Å². The number of hydrogen-bond donors (Lipinski definition) is 1. The average Bonchev–Trinajstić information content (AvgIpc) is 3.22. The molecule has 2 aliphatic rings. The standard InChI is InChI=1S/C20H23N7O/c1-25-11-16-5-6-17(12-25)27(16)20(28)24-19-21-8-14-4-3-13(7-18(14)23-19)15-9-22-26(2)10-15/h3-4,7-10,16-17H,5-6,11-12H2,1-2H3,(H,21,23,24,28). The Morgan fingerprint density at radius 3 is 2.61 bits per heavy atom. The molecule has 0 aliphatic carbocycles. The van der Waals surface area contributed by atoms with Crippen molar-refractivity contribution >= 4 is 22.9 Å². The number of nitrogens with one attached hydrogen (secondary N) is 1. The number of aryl methyl sites for hydroxylation is 1. The van der Waals surface area contributed by atoms with Gasteiger partial charge in [0, 0.05) is 55.6 Å². The average molecular weight is 377 g/mol. The minimum absolute atomic E-state index is 0.0941. The molecule has 2 saturated heterocycles. The summed E-state index contributed by atoms with van der Waals surface area (Å²) in [5.74, 6) is 0.346. The number of carbonyl (C=O) groups excluding carboxylic acids is 1. The molecule has 144 valence electrons. The molecule has 0 spiro atoms. The lowest BCUT2D eigenvalue weighted by Crippen LogP contribution is -2.55. The van der Waals surface area contributed by atoms with Crippen LogP contribution >= 0.6 is 0 Å².